The number of halogens is 2. The lowest BCUT2D eigenvalue weighted by molar-refractivity contribution is -0.120. The van der Waals surface area contributed by atoms with Gasteiger partial charge in [0.25, 0.3) is 17.7 Å². The second kappa shape index (κ2) is 9.83. The van der Waals surface area contributed by atoms with Crippen LogP contribution >= 0.6 is 11.6 Å². The molecule has 3 aromatic carbocycles. The number of nitrogens with zero attached hydrogens (tertiary/aromatic N) is 3. The van der Waals surface area contributed by atoms with Crippen molar-refractivity contribution in [2.24, 2.45) is 0 Å². The molecule has 0 aliphatic carbocycles. The Bertz CT molecular complexity index is 1340. The van der Waals surface area contributed by atoms with E-state index in [2.05, 4.69) is 22.3 Å². The number of hydrogen-bond acceptors (Lipinski definition) is 5. The number of piperazine rings is 1. The predicted octanol–water partition coefficient (Wildman–Crippen LogP) is 4.22. The first-order chi connectivity index (χ1) is 17.4. The van der Waals surface area contributed by atoms with Crippen LogP contribution in [0.1, 0.15) is 10.4 Å². The molecule has 7 nitrogen and oxygen atoms in total. The number of carbonyl (C=O) groups excluding carboxylic acids is 3. The van der Waals surface area contributed by atoms with Crippen LogP contribution in [0.5, 0.6) is 0 Å². The minimum atomic E-state index is -0.697. The van der Waals surface area contributed by atoms with Crippen molar-refractivity contribution in [2.75, 3.05) is 41.3 Å². The number of para-hydroxylation sites is 1. The third-order valence-electron chi connectivity index (χ3n) is 6.20. The van der Waals surface area contributed by atoms with Crippen molar-refractivity contribution in [1.82, 2.24) is 4.90 Å². The molecule has 2 aliphatic heterocycles. The molecule has 0 spiro atoms. The van der Waals surface area contributed by atoms with Gasteiger partial charge in [-0.1, -0.05) is 29.8 Å². The average Bonchev–Trinajstić information content (AvgIpc) is 3.13. The van der Waals surface area contributed by atoms with Crippen molar-refractivity contribution < 1.29 is 18.8 Å². The first kappa shape index (κ1) is 23.6. The highest BCUT2D eigenvalue weighted by Gasteiger charge is 2.39. The molecule has 5 rings (SSSR count). The smallest absolute Gasteiger partial charge is 0.283 e. The van der Waals surface area contributed by atoms with Crippen LogP contribution in [-0.4, -0.2) is 48.8 Å². The summed E-state index contributed by atoms with van der Waals surface area (Å²) in [6, 6.07) is 21.7. The molecule has 36 heavy (non-hydrogen) atoms. The fourth-order valence-electron chi connectivity index (χ4n) is 4.27. The van der Waals surface area contributed by atoms with E-state index in [0.717, 1.165) is 35.8 Å². The third-order valence-corrected chi connectivity index (χ3v) is 6.55. The molecular weight excluding hydrogens is 483 g/mol. The highest BCUT2D eigenvalue weighted by atomic mass is 35.5. The number of imide groups is 1. The molecule has 0 unspecified atom stereocenters. The largest absolute Gasteiger partial charge is 0.368 e. The van der Waals surface area contributed by atoms with E-state index in [0.29, 0.717) is 24.3 Å². The summed E-state index contributed by atoms with van der Waals surface area (Å²) in [5, 5.41) is 2.62. The third kappa shape index (κ3) is 4.55. The Morgan fingerprint density at radius 3 is 2.06 bits per heavy atom. The highest BCUT2D eigenvalue weighted by Crippen LogP contribution is 2.30. The van der Waals surface area contributed by atoms with E-state index in [1.165, 1.54) is 12.1 Å². The number of benzene rings is 3. The van der Waals surface area contributed by atoms with Crippen LogP contribution in [0.25, 0.3) is 0 Å². The van der Waals surface area contributed by atoms with Crippen LogP contribution in [0.3, 0.4) is 0 Å². The number of rotatable bonds is 5. The predicted molar refractivity (Wildman–Crippen MR) is 136 cm³/mol. The maximum absolute atomic E-state index is 13.2. The Balaban J connectivity index is 1.23. The van der Waals surface area contributed by atoms with Crippen LogP contribution < -0.4 is 15.1 Å². The van der Waals surface area contributed by atoms with Crippen LogP contribution in [0.4, 0.5) is 21.5 Å². The summed E-state index contributed by atoms with van der Waals surface area (Å²) in [6.07, 6.45) is 0. The number of anilines is 3. The molecule has 1 saturated heterocycles. The standard InChI is InChI=1S/C27H22ClFN4O3/c28-23-24(27(36)33(26(23)35)22-12-8-19(29)9-13-22)30-20-10-6-18(7-11-20)25(34)32-16-14-31(15-17-32)21-4-2-1-3-5-21/h1-13,30H,14-17H2. The Kier molecular flexibility index (Phi) is 6.43. The molecule has 0 aromatic heterocycles. The molecule has 3 aromatic rings. The summed E-state index contributed by atoms with van der Waals surface area (Å²) in [5.74, 6) is -1.89. The van der Waals surface area contributed by atoms with Crippen LogP contribution in [0.2, 0.25) is 0 Å². The Hall–Kier alpha value is -4.17. The summed E-state index contributed by atoms with van der Waals surface area (Å²) >= 11 is 6.15. The van der Waals surface area contributed by atoms with Crippen molar-refractivity contribution in [3.05, 3.63) is 101 Å². The monoisotopic (exact) mass is 504 g/mol. The minimum Gasteiger partial charge on any atom is -0.368 e. The Morgan fingerprint density at radius 1 is 0.778 bits per heavy atom. The molecule has 0 bridgehead atoms. The second-order valence-electron chi connectivity index (χ2n) is 8.43. The summed E-state index contributed by atoms with van der Waals surface area (Å²) in [4.78, 5) is 43.4. The van der Waals surface area contributed by atoms with Gasteiger partial charge in [-0.2, -0.15) is 0 Å². The van der Waals surface area contributed by atoms with E-state index in [1.54, 1.807) is 24.3 Å². The van der Waals surface area contributed by atoms with Gasteiger partial charge in [0, 0.05) is 43.1 Å². The summed E-state index contributed by atoms with van der Waals surface area (Å²) < 4.78 is 13.2. The number of amides is 3. The molecule has 0 saturated carbocycles. The number of carbonyl (C=O) groups is 3. The van der Waals surface area contributed by atoms with E-state index in [-0.39, 0.29) is 22.3 Å². The highest BCUT2D eigenvalue weighted by molar-refractivity contribution is 6.53. The number of nitrogens with one attached hydrogen (secondary N) is 1. The molecule has 2 heterocycles. The topological polar surface area (TPSA) is 73.0 Å². The SMILES string of the molecule is O=C(c1ccc(NC2=C(Cl)C(=O)N(c3ccc(F)cc3)C2=O)cc1)N1CCN(c2ccccc2)CC1. The molecule has 3 amide bonds. The Morgan fingerprint density at radius 2 is 1.42 bits per heavy atom. The lowest BCUT2D eigenvalue weighted by Crippen LogP contribution is -2.48. The van der Waals surface area contributed by atoms with Crippen molar-refractivity contribution >= 4 is 46.4 Å². The van der Waals surface area contributed by atoms with Gasteiger partial charge in [-0.15, -0.1) is 0 Å². The van der Waals surface area contributed by atoms with Gasteiger partial charge >= 0.3 is 0 Å². The summed E-state index contributed by atoms with van der Waals surface area (Å²) in [5.41, 5.74) is 2.30. The molecule has 1 fully saturated rings. The lowest BCUT2D eigenvalue weighted by Gasteiger charge is -2.36. The summed E-state index contributed by atoms with van der Waals surface area (Å²) in [6.45, 7) is 2.74. The van der Waals surface area contributed by atoms with Crippen LogP contribution in [0, 0.1) is 5.82 Å². The molecule has 0 radical (unpaired) electrons. The van der Waals surface area contributed by atoms with E-state index in [4.69, 9.17) is 11.6 Å². The molecule has 1 N–H and O–H groups in total. The zero-order valence-electron chi connectivity index (χ0n) is 19.2. The maximum atomic E-state index is 13.2. The quantitative estimate of drug-likeness (QED) is 0.527. The van der Waals surface area contributed by atoms with Crippen molar-refractivity contribution in [2.45, 2.75) is 0 Å². The molecule has 182 valence electrons. The van der Waals surface area contributed by atoms with Gasteiger partial charge in [0.05, 0.1) is 5.69 Å². The van der Waals surface area contributed by atoms with Crippen molar-refractivity contribution in [1.29, 1.82) is 0 Å². The van der Waals surface area contributed by atoms with Gasteiger partial charge in [0.15, 0.2) is 0 Å². The van der Waals surface area contributed by atoms with Gasteiger partial charge in [-0.25, -0.2) is 9.29 Å². The van der Waals surface area contributed by atoms with E-state index < -0.39 is 17.6 Å². The fraction of sp³-hybridized carbons (Fsp3) is 0.148. The Labute approximate surface area is 212 Å². The fourth-order valence-corrected chi connectivity index (χ4v) is 4.48. The van der Waals surface area contributed by atoms with E-state index in [9.17, 15) is 18.8 Å². The molecule has 2 aliphatic rings. The van der Waals surface area contributed by atoms with Gasteiger partial charge in [0.2, 0.25) is 0 Å². The molecule has 0 atom stereocenters. The van der Waals surface area contributed by atoms with Gasteiger partial charge in [0.1, 0.15) is 16.5 Å². The minimum absolute atomic E-state index is 0.0684. The summed E-state index contributed by atoms with van der Waals surface area (Å²) in [7, 11) is 0. The van der Waals surface area contributed by atoms with Crippen LogP contribution in [-0.2, 0) is 9.59 Å². The second-order valence-corrected chi connectivity index (χ2v) is 8.81. The van der Waals surface area contributed by atoms with Crippen molar-refractivity contribution in [3.63, 3.8) is 0 Å². The first-order valence-electron chi connectivity index (χ1n) is 11.4. The van der Waals surface area contributed by atoms with E-state index in [1.807, 2.05) is 23.1 Å². The van der Waals surface area contributed by atoms with Crippen molar-refractivity contribution in [3.8, 4) is 0 Å². The zero-order chi connectivity index (χ0) is 25.2. The first-order valence-corrected chi connectivity index (χ1v) is 11.8. The van der Waals surface area contributed by atoms with E-state index >= 15 is 0 Å². The van der Waals surface area contributed by atoms with Gasteiger partial charge in [-0.3, -0.25) is 14.4 Å². The average molecular weight is 505 g/mol. The zero-order valence-corrected chi connectivity index (χ0v) is 19.9. The maximum Gasteiger partial charge on any atom is 0.283 e. The normalized spacial score (nSPS) is 16.1. The molecule has 9 heteroatoms. The number of hydrogen-bond donors (Lipinski definition) is 1. The van der Waals surface area contributed by atoms with Gasteiger partial charge < -0.3 is 15.1 Å². The lowest BCUT2D eigenvalue weighted by atomic mass is 10.1. The molecular formula is C27H22ClFN4O3. The van der Waals surface area contributed by atoms with Gasteiger partial charge in [-0.05, 0) is 60.7 Å². The van der Waals surface area contributed by atoms with Crippen LogP contribution in [0.15, 0.2) is 89.6 Å².